The third-order valence-electron chi connectivity index (χ3n) is 2.77. The molecule has 2 unspecified atom stereocenters. The second-order valence-corrected chi connectivity index (χ2v) is 6.02. The van der Waals surface area contributed by atoms with Crippen LogP contribution in [0.2, 0.25) is 0 Å². The van der Waals surface area contributed by atoms with Gasteiger partial charge in [0.1, 0.15) is 6.04 Å². The molecule has 0 heterocycles. The van der Waals surface area contributed by atoms with Gasteiger partial charge in [0, 0.05) is 0 Å². The SMILES string of the molecule is CC(=O)C(NC(=O)CSCCC(NC=O)C(=O)O)C(C)C. The van der Waals surface area contributed by atoms with Crippen molar-refractivity contribution in [2.75, 3.05) is 11.5 Å². The third kappa shape index (κ3) is 8.34. The second-order valence-electron chi connectivity index (χ2n) is 4.92. The summed E-state index contributed by atoms with van der Waals surface area (Å²) in [6, 6.07) is -1.44. The Balaban J connectivity index is 4.06. The molecular weight excluding hydrogens is 296 g/mol. The fourth-order valence-electron chi connectivity index (χ4n) is 1.68. The summed E-state index contributed by atoms with van der Waals surface area (Å²) < 4.78 is 0. The van der Waals surface area contributed by atoms with Gasteiger partial charge in [-0.15, -0.1) is 0 Å². The minimum absolute atomic E-state index is 0.0182. The van der Waals surface area contributed by atoms with Gasteiger partial charge < -0.3 is 15.7 Å². The molecule has 0 aromatic carbocycles. The lowest BCUT2D eigenvalue weighted by Gasteiger charge is -2.19. The summed E-state index contributed by atoms with van der Waals surface area (Å²) in [7, 11) is 0. The first-order chi connectivity index (χ1) is 9.79. The van der Waals surface area contributed by atoms with E-state index in [1.54, 1.807) is 0 Å². The van der Waals surface area contributed by atoms with Crippen molar-refractivity contribution in [1.29, 1.82) is 0 Å². The number of hydrogen-bond donors (Lipinski definition) is 3. The molecule has 0 aliphatic carbocycles. The average Bonchev–Trinajstić information content (AvgIpc) is 2.38. The van der Waals surface area contributed by atoms with Crippen LogP contribution >= 0.6 is 11.8 Å². The number of hydrogen-bond acceptors (Lipinski definition) is 5. The van der Waals surface area contributed by atoms with Gasteiger partial charge >= 0.3 is 5.97 Å². The Bertz CT molecular complexity index is 387. The molecule has 0 radical (unpaired) electrons. The van der Waals surface area contributed by atoms with Crippen LogP contribution < -0.4 is 10.6 Å². The Hall–Kier alpha value is -1.57. The number of Topliss-reactive ketones (excluding diaryl/α,β-unsaturated/α-hetero) is 1. The second kappa shape index (κ2) is 10.2. The van der Waals surface area contributed by atoms with Crippen molar-refractivity contribution in [3.63, 3.8) is 0 Å². The van der Waals surface area contributed by atoms with Crippen LogP contribution in [-0.4, -0.2) is 52.8 Å². The molecule has 120 valence electrons. The zero-order valence-electron chi connectivity index (χ0n) is 12.4. The molecule has 2 atom stereocenters. The molecule has 3 N–H and O–H groups in total. The monoisotopic (exact) mass is 318 g/mol. The highest BCUT2D eigenvalue weighted by Gasteiger charge is 2.20. The highest BCUT2D eigenvalue weighted by Crippen LogP contribution is 2.07. The standard InChI is InChI=1S/C13H22N2O5S/c1-8(2)12(9(3)17)15-11(18)6-21-5-4-10(13(19)20)14-7-16/h7-8,10,12H,4-6H2,1-3H3,(H,14,16)(H,15,18)(H,19,20). The highest BCUT2D eigenvalue weighted by atomic mass is 32.2. The van der Waals surface area contributed by atoms with Crippen LogP contribution in [0.4, 0.5) is 0 Å². The van der Waals surface area contributed by atoms with Gasteiger partial charge in [0.15, 0.2) is 5.78 Å². The molecule has 0 rings (SSSR count). The maximum atomic E-state index is 11.7. The predicted molar refractivity (Wildman–Crippen MR) is 80.0 cm³/mol. The predicted octanol–water partition coefficient (Wildman–Crippen LogP) is 0.0387. The number of aliphatic carboxylic acids is 1. The van der Waals surface area contributed by atoms with E-state index >= 15 is 0 Å². The molecule has 7 nitrogen and oxygen atoms in total. The van der Waals surface area contributed by atoms with Crippen molar-refractivity contribution < 1.29 is 24.3 Å². The fourth-order valence-corrected chi connectivity index (χ4v) is 2.49. The molecule has 0 aliphatic rings. The molecule has 0 spiro atoms. The van der Waals surface area contributed by atoms with E-state index in [9.17, 15) is 19.2 Å². The lowest BCUT2D eigenvalue weighted by Crippen LogP contribution is -2.44. The molecule has 0 bridgehead atoms. The molecule has 8 heteroatoms. The summed E-state index contributed by atoms with van der Waals surface area (Å²) >= 11 is 1.26. The smallest absolute Gasteiger partial charge is 0.326 e. The van der Waals surface area contributed by atoms with Crippen molar-refractivity contribution >= 4 is 35.8 Å². The summed E-state index contributed by atoms with van der Waals surface area (Å²) in [6.07, 6.45) is 0.572. The van der Waals surface area contributed by atoms with Crippen LogP contribution in [0.1, 0.15) is 27.2 Å². The van der Waals surface area contributed by atoms with Crippen LogP contribution in [0.5, 0.6) is 0 Å². The number of nitrogens with one attached hydrogen (secondary N) is 2. The molecule has 0 saturated carbocycles. The number of thioether (sulfide) groups is 1. The largest absolute Gasteiger partial charge is 0.480 e. The normalized spacial score (nSPS) is 13.3. The molecule has 21 heavy (non-hydrogen) atoms. The van der Waals surface area contributed by atoms with E-state index in [4.69, 9.17) is 5.11 Å². The van der Waals surface area contributed by atoms with E-state index in [0.29, 0.717) is 12.2 Å². The quantitative estimate of drug-likeness (QED) is 0.366. The Kier molecular flexibility index (Phi) is 9.44. The maximum Gasteiger partial charge on any atom is 0.326 e. The summed E-state index contributed by atoms with van der Waals surface area (Å²) in [5.41, 5.74) is 0. The molecule has 0 fully saturated rings. The van der Waals surface area contributed by atoms with Crippen LogP contribution in [0.25, 0.3) is 0 Å². The summed E-state index contributed by atoms with van der Waals surface area (Å²) in [5.74, 6) is -0.886. The van der Waals surface area contributed by atoms with Gasteiger partial charge in [-0.2, -0.15) is 11.8 Å². The first kappa shape index (κ1) is 19.4. The van der Waals surface area contributed by atoms with Crippen molar-refractivity contribution in [2.45, 2.75) is 39.3 Å². The summed E-state index contributed by atoms with van der Waals surface area (Å²) in [5, 5.41) is 13.7. The molecule has 0 saturated heterocycles. The number of carboxylic acids is 1. The van der Waals surface area contributed by atoms with Gasteiger partial charge in [-0.05, 0) is 25.0 Å². The maximum absolute atomic E-state index is 11.7. The van der Waals surface area contributed by atoms with Crippen LogP contribution in [-0.2, 0) is 19.2 Å². The van der Waals surface area contributed by atoms with Crippen LogP contribution in [0.15, 0.2) is 0 Å². The Morgan fingerprint density at radius 1 is 1.29 bits per heavy atom. The zero-order valence-corrected chi connectivity index (χ0v) is 13.2. The van der Waals surface area contributed by atoms with Crippen molar-refractivity contribution in [3.8, 4) is 0 Å². The van der Waals surface area contributed by atoms with Crippen LogP contribution in [0, 0.1) is 5.92 Å². The van der Waals surface area contributed by atoms with Gasteiger partial charge in [0.25, 0.3) is 0 Å². The highest BCUT2D eigenvalue weighted by molar-refractivity contribution is 7.99. The van der Waals surface area contributed by atoms with Gasteiger partial charge in [-0.1, -0.05) is 13.8 Å². The Labute approximate surface area is 128 Å². The van der Waals surface area contributed by atoms with E-state index in [1.165, 1.54) is 18.7 Å². The molecule has 2 amide bonds. The fraction of sp³-hybridized carbons (Fsp3) is 0.692. The van der Waals surface area contributed by atoms with E-state index in [0.717, 1.165) is 0 Å². The number of ketones is 1. The van der Waals surface area contributed by atoms with Gasteiger partial charge in [0.2, 0.25) is 12.3 Å². The van der Waals surface area contributed by atoms with Crippen molar-refractivity contribution in [3.05, 3.63) is 0 Å². The van der Waals surface area contributed by atoms with E-state index in [1.807, 2.05) is 13.8 Å². The number of carbonyl (C=O) groups excluding carboxylic acids is 3. The molecule has 0 aromatic rings. The minimum Gasteiger partial charge on any atom is -0.480 e. The molecule has 0 aromatic heterocycles. The van der Waals surface area contributed by atoms with Crippen LogP contribution in [0.3, 0.4) is 0 Å². The van der Waals surface area contributed by atoms with E-state index in [-0.39, 0.29) is 29.8 Å². The zero-order chi connectivity index (χ0) is 16.4. The lowest BCUT2D eigenvalue weighted by molar-refractivity contribution is -0.140. The topological polar surface area (TPSA) is 113 Å². The molecule has 0 aliphatic heterocycles. The lowest BCUT2D eigenvalue weighted by atomic mass is 10.0. The minimum atomic E-state index is -1.11. The van der Waals surface area contributed by atoms with Crippen molar-refractivity contribution in [2.24, 2.45) is 5.92 Å². The third-order valence-corrected chi connectivity index (χ3v) is 3.76. The molecular formula is C13H22N2O5S. The number of carboxylic acid groups (broad SMARTS) is 1. The average molecular weight is 318 g/mol. The van der Waals surface area contributed by atoms with Gasteiger partial charge in [0.05, 0.1) is 11.8 Å². The number of carbonyl (C=O) groups is 4. The summed E-state index contributed by atoms with van der Waals surface area (Å²) in [4.78, 5) is 44.1. The van der Waals surface area contributed by atoms with Gasteiger partial charge in [-0.25, -0.2) is 4.79 Å². The Morgan fingerprint density at radius 2 is 1.90 bits per heavy atom. The van der Waals surface area contributed by atoms with E-state index < -0.39 is 18.1 Å². The summed E-state index contributed by atoms with van der Waals surface area (Å²) in [6.45, 7) is 5.13. The van der Waals surface area contributed by atoms with E-state index in [2.05, 4.69) is 10.6 Å². The number of amides is 2. The first-order valence-electron chi connectivity index (χ1n) is 6.59. The van der Waals surface area contributed by atoms with Gasteiger partial charge in [-0.3, -0.25) is 14.4 Å². The Morgan fingerprint density at radius 3 is 2.33 bits per heavy atom. The van der Waals surface area contributed by atoms with Crippen molar-refractivity contribution in [1.82, 2.24) is 10.6 Å². The number of rotatable bonds is 11. The first-order valence-corrected chi connectivity index (χ1v) is 7.75.